The molecule has 7 aliphatic rings. The van der Waals surface area contributed by atoms with Gasteiger partial charge in [-0.15, -0.1) is 11.6 Å². The van der Waals surface area contributed by atoms with Gasteiger partial charge in [0.05, 0.1) is 12.5 Å². The van der Waals surface area contributed by atoms with Gasteiger partial charge in [0.25, 0.3) is 0 Å². The number of alkyl halides is 4. The smallest absolute Gasteiger partial charge is 0.351 e. The third-order valence-corrected chi connectivity index (χ3v) is 22.2. The van der Waals surface area contributed by atoms with Gasteiger partial charge in [-0.3, -0.25) is 52.7 Å². The molecule has 22 nitrogen and oxygen atoms in total. The summed E-state index contributed by atoms with van der Waals surface area (Å²) in [6.45, 7) is 8.13. The van der Waals surface area contributed by atoms with E-state index in [1.54, 1.807) is 20.9 Å². The van der Waals surface area contributed by atoms with Crippen LogP contribution in [0.1, 0.15) is 189 Å². The standard InChI is InChI=1S/C65H103ClF3N11O11/c1-11-38(2)53-62(90)74(6)37-52(82)79-33-29-49(79)60(88)77(9)50(36-42-20-13-12-14-21-42)61(89)76(8)41(5)55(83)71-47(28-26-43-25-27-45(46(66)35-43)65(67,68)69)59(87)80-32-19-24-48(80)57(85)73-64(30-17-18-31-64)63(91)78(10)54(44-22-15-16-23-44)58(86)70-39(3)34-51(81)75(7)40(4)56(84)72-53/h38-50,53-54H,11-37H2,1-10H3,(H,70,86)(H,71,83)(H,72,84)(H,73,85)/t38-,39+,40-,41+,43?,45?,46?,47-,48-,49-,50-,53-,54-/m0/s1. The van der Waals surface area contributed by atoms with E-state index < -0.39 is 155 Å². The van der Waals surface area contributed by atoms with Gasteiger partial charge in [-0.05, 0) is 128 Å². The van der Waals surface area contributed by atoms with Gasteiger partial charge >= 0.3 is 6.18 Å². The molecule has 1 spiro atoms. The third kappa shape index (κ3) is 17.2. The maximum Gasteiger partial charge on any atom is 0.393 e. The van der Waals surface area contributed by atoms with Crippen molar-refractivity contribution in [3.05, 3.63) is 0 Å². The molecule has 512 valence electrons. The van der Waals surface area contributed by atoms with Gasteiger partial charge in [0.15, 0.2) is 0 Å². The first-order valence-corrected chi connectivity index (χ1v) is 34.2. The molecule has 0 aromatic heterocycles. The van der Waals surface area contributed by atoms with Crippen molar-refractivity contribution in [1.29, 1.82) is 0 Å². The number of fused-ring (bicyclic) bond motifs is 2. The van der Waals surface area contributed by atoms with Gasteiger partial charge in [-0.25, -0.2) is 0 Å². The summed E-state index contributed by atoms with van der Waals surface area (Å²) in [5.74, 6) is -8.89. The van der Waals surface area contributed by atoms with E-state index in [2.05, 4.69) is 21.3 Å². The van der Waals surface area contributed by atoms with E-state index in [0.717, 1.165) is 44.9 Å². The second-order valence-corrected chi connectivity index (χ2v) is 28.5. The van der Waals surface area contributed by atoms with Gasteiger partial charge in [0.1, 0.15) is 53.9 Å². The van der Waals surface area contributed by atoms with E-state index in [0.29, 0.717) is 38.5 Å². The van der Waals surface area contributed by atoms with Gasteiger partial charge in [-0.2, -0.15) is 13.2 Å². The number of likely N-dealkylation sites (N-methyl/N-ethyl adjacent to an activating group) is 5. The summed E-state index contributed by atoms with van der Waals surface area (Å²) < 4.78 is 41.9. The summed E-state index contributed by atoms with van der Waals surface area (Å²) in [6, 6.07) is -9.68. The molecule has 7 rings (SSSR count). The average molecular weight is 1310 g/mol. The number of amides is 11. The predicted molar refractivity (Wildman–Crippen MR) is 334 cm³/mol. The molecule has 26 heteroatoms. The summed E-state index contributed by atoms with van der Waals surface area (Å²) in [4.78, 5) is 170. The van der Waals surface area contributed by atoms with E-state index in [9.17, 15) is 51.5 Å². The minimum absolute atomic E-state index is 0.0181. The topological polar surface area (TPSA) is 259 Å². The molecule has 4 aliphatic carbocycles. The van der Waals surface area contributed by atoms with E-state index in [4.69, 9.17) is 11.6 Å². The molecular formula is C65H103ClF3N11O11. The van der Waals surface area contributed by atoms with Crippen LogP contribution >= 0.6 is 11.6 Å². The van der Waals surface area contributed by atoms with Crippen LogP contribution in [0.3, 0.4) is 0 Å². The lowest BCUT2D eigenvalue weighted by atomic mass is 9.78. The summed E-state index contributed by atoms with van der Waals surface area (Å²) in [6.07, 6.45) is 6.07. The highest BCUT2D eigenvalue weighted by molar-refractivity contribution is 6.20. The lowest BCUT2D eigenvalue weighted by Crippen LogP contribution is -2.64. The number of nitrogens with zero attached hydrogens (tertiary/aromatic N) is 7. The van der Waals surface area contributed by atoms with E-state index >= 15 is 14.4 Å². The van der Waals surface area contributed by atoms with Crippen LogP contribution in [-0.2, 0) is 52.7 Å². The Balaban J connectivity index is 1.21. The van der Waals surface area contributed by atoms with Crippen LogP contribution in [0.15, 0.2) is 0 Å². The van der Waals surface area contributed by atoms with Crippen LogP contribution in [0.5, 0.6) is 0 Å². The maximum absolute atomic E-state index is 15.2. The van der Waals surface area contributed by atoms with Crippen molar-refractivity contribution in [2.24, 2.45) is 29.6 Å². The zero-order valence-corrected chi connectivity index (χ0v) is 56.1. The minimum Gasteiger partial charge on any atom is -0.351 e. The Hall–Kier alpha value is -5.75. The molecule has 4 N–H and O–H groups in total. The molecule has 3 aliphatic heterocycles. The van der Waals surface area contributed by atoms with Crippen LogP contribution in [0.25, 0.3) is 0 Å². The highest BCUT2D eigenvalue weighted by Gasteiger charge is 2.52. The van der Waals surface area contributed by atoms with Gasteiger partial charge < -0.3 is 55.6 Å². The second-order valence-electron chi connectivity index (χ2n) is 27.9. The second kappa shape index (κ2) is 31.5. The SMILES string of the molecule is CC[C@H](C)[C@@H]1NC(=O)[C@H](C)N(C)C(=O)C[C@@H](C)NC(=O)[C@H](C2CCCC2)N(C)C(=O)C2(CCCC2)NC(=O)[C@@H]2CCCN2C(=O)[C@H](CCC2CCC(C(F)(F)F)C(Cl)C2)NC(=O)[C@@H](C)N(C)C(=O)[C@H](CC2CCCCC2)N(C)C(=O)[C@@H]2CCN2C(=O)CN(C)C1=O. The monoisotopic (exact) mass is 1310 g/mol. The first-order valence-electron chi connectivity index (χ1n) is 33.8. The van der Waals surface area contributed by atoms with Crippen molar-refractivity contribution >= 4 is 76.6 Å². The summed E-state index contributed by atoms with van der Waals surface area (Å²) in [5.41, 5.74) is -1.46. The molecule has 3 saturated heterocycles. The van der Waals surface area contributed by atoms with Crippen LogP contribution in [0, 0.1) is 29.6 Å². The Morgan fingerprint density at radius 1 is 0.582 bits per heavy atom. The minimum atomic E-state index is -4.49. The highest BCUT2D eigenvalue weighted by Crippen LogP contribution is 2.44. The van der Waals surface area contributed by atoms with Crippen molar-refractivity contribution < 1.29 is 65.9 Å². The van der Waals surface area contributed by atoms with E-state index in [-0.39, 0.29) is 101 Å². The van der Waals surface area contributed by atoms with E-state index in [1.165, 1.54) is 76.3 Å². The summed E-state index contributed by atoms with van der Waals surface area (Å²) in [5, 5.41) is 10.6. The largest absolute Gasteiger partial charge is 0.393 e. The van der Waals surface area contributed by atoms with Crippen molar-refractivity contribution in [1.82, 2.24) is 55.6 Å². The van der Waals surface area contributed by atoms with Crippen LogP contribution < -0.4 is 21.3 Å². The van der Waals surface area contributed by atoms with Crippen LogP contribution in [0.4, 0.5) is 13.2 Å². The molecule has 11 amide bonds. The first kappa shape index (κ1) is 72.7. The number of rotatable bonds is 8. The molecule has 3 heterocycles. The molecule has 13 atom stereocenters. The lowest BCUT2D eigenvalue weighted by Gasteiger charge is -2.44. The Labute approximate surface area is 540 Å². The van der Waals surface area contributed by atoms with Crippen LogP contribution in [0.2, 0.25) is 0 Å². The molecule has 0 radical (unpaired) electrons. The lowest BCUT2D eigenvalue weighted by molar-refractivity contribution is -0.182. The zero-order valence-electron chi connectivity index (χ0n) is 55.4. The number of nitrogens with one attached hydrogen (secondary N) is 4. The molecular weight excluding hydrogens is 1200 g/mol. The number of carbonyl (C=O) groups excluding carboxylic acids is 11. The van der Waals surface area contributed by atoms with Gasteiger partial charge in [0.2, 0.25) is 65.0 Å². The Morgan fingerprint density at radius 3 is 1.81 bits per heavy atom. The summed E-state index contributed by atoms with van der Waals surface area (Å²) >= 11 is 6.39. The molecule has 0 aromatic carbocycles. The fourth-order valence-electron chi connectivity index (χ4n) is 15.3. The molecule has 7 fully saturated rings. The maximum atomic E-state index is 15.2. The molecule has 3 unspecified atom stereocenters. The van der Waals surface area contributed by atoms with Crippen molar-refractivity contribution in [2.75, 3.05) is 54.9 Å². The average Bonchev–Trinajstić information content (AvgIpc) is 1.83. The number of carbonyl (C=O) groups is 11. The number of hydrogen-bond acceptors (Lipinski definition) is 11. The molecule has 91 heavy (non-hydrogen) atoms. The molecule has 0 aromatic rings. The van der Waals surface area contributed by atoms with Gasteiger partial charge in [0, 0.05) is 66.2 Å². The molecule has 0 bridgehead atoms. The van der Waals surface area contributed by atoms with Crippen molar-refractivity contribution in [3.8, 4) is 0 Å². The number of hydrogen-bond donors (Lipinski definition) is 4. The fourth-order valence-corrected chi connectivity index (χ4v) is 15.8. The van der Waals surface area contributed by atoms with E-state index in [1.807, 2.05) is 6.92 Å². The highest BCUT2D eigenvalue weighted by atomic mass is 35.5. The Bertz CT molecular complexity index is 2650. The quantitative estimate of drug-likeness (QED) is 0.228. The first-order chi connectivity index (χ1) is 42.9. The summed E-state index contributed by atoms with van der Waals surface area (Å²) in [7, 11) is 7.37. The Kier molecular flexibility index (Phi) is 25.1. The number of halogens is 4. The van der Waals surface area contributed by atoms with Gasteiger partial charge in [-0.1, -0.05) is 78.1 Å². The Morgan fingerprint density at radius 2 is 1.21 bits per heavy atom. The predicted octanol–water partition coefficient (Wildman–Crippen LogP) is 5.26. The van der Waals surface area contributed by atoms with Crippen LogP contribution in [-0.4, -0.2) is 226 Å². The fraction of sp³-hybridized carbons (Fsp3) is 0.831. The zero-order chi connectivity index (χ0) is 67.0. The molecule has 4 saturated carbocycles. The normalized spacial score (nSPS) is 32.7. The van der Waals surface area contributed by atoms with Crippen molar-refractivity contribution in [3.63, 3.8) is 0 Å². The van der Waals surface area contributed by atoms with Crippen molar-refractivity contribution in [2.45, 2.75) is 260 Å². The third-order valence-electron chi connectivity index (χ3n) is 21.8.